The van der Waals surface area contributed by atoms with Crippen molar-refractivity contribution in [2.24, 2.45) is 5.73 Å². The molecule has 1 aromatic rings. The summed E-state index contributed by atoms with van der Waals surface area (Å²) < 4.78 is 0. The van der Waals surface area contributed by atoms with E-state index in [4.69, 9.17) is 5.73 Å². The van der Waals surface area contributed by atoms with Crippen LogP contribution < -0.4 is 5.73 Å². The molecule has 1 amide bonds. The van der Waals surface area contributed by atoms with Crippen LogP contribution in [0.25, 0.3) is 0 Å². The normalized spacial score (nSPS) is 18.2. The largest absolute Gasteiger partial charge is 0.366 e. The van der Waals surface area contributed by atoms with Gasteiger partial charge in [-0.05, 0) is 19.2 Å². The van der Waals surface area contributed by atoms with Gasteiger partial charge in [-0.15, -0.1) is 0 Å². The minimum atomic E-state index is -0.427. The van der Waals surface area contributed by atoms with E-state index in [2.05, 4.69) is 21.8 Å². The summed E-state index contributed by atoms with van der Waals surface area (Å²) in [7, 11) is 2.14. The van der Waals surface area contributed by atoms with Crippen molar-refractivity contribution in [2.75, 3.05) is 33.2 Å². The van der Waals surface area contributed by atoms with E-state index in [0.717, 1.165) is 38.4 Å². The fourth-order valence-electron chi connectivity index (χ4n) is 1.90. The van der Waals surface area contributed by atoms with Crippen LogP contribution >= 0.6 is 0 Å². The molecule has 0 atom stereocenters. The zero-order valence-electron chi connectivity index (χ0n) is 10.1. The van der Waals surface area contributed by atoms with E-state index in [-0.39, 0.29) is 0 Å². The lowest BCUT2D eigenvalue weighted by molar-refractivity contribution is 0.1000. The van der Waals surface area contributed by atoms with Crippen LogP contribution in [0.2, 0.25) is 0 Å². The maximum atomic E-state index is 10.9. The molecule has 1 aliphatic heterocycles. The smallest absolute Gasteiger partial charge is 0.250 e. The number of piperazine rings is 1. The molecule has 1 aliphatic rings. The maximum absolute atomic E-state index is 10.9. The molecule has 17 heavy (non-hydrogen) atoms. The number of rotatable bonds is 3. The molecule has 1 fully saturated rings. The zero-order valence-corrected chi connectivity index (χ0v) is 10.1. The van der Waals surface area contributed by atoms with Crippen molar-refractivity contribution in [2.45, 2.75) is 6.54 Å². The molecule has 0 unspecified atom stereocenters. The van der Waals surface area contributed by atoms with E-state index in [1.165, 1.54) is 0 Å². The van der Waals surface area contributed by atoms with E-state index in [0.29, 0.717) is 5.56 Å². The van der Waals surface area contributed by atoms with Gasteiger partial charge >= 0.3 is 0 Å². The first-order valence-corrected chi connectivity index (χ1v) is 5.81. The van der Waals surface area contributed by atoms with Gasteiger partial charge in [-0.25, -0.2) is 0 Å². The molecule has 2 heterocycles. The second-order valence-electron chi connectivity index (χ2n) is 4.48. The zero-order chi connectivity index (χ0) is 12.3. The summed E-state index contributed by atoms with van der Waals surface area (Å²) in [6.45, 7) is 5.16. The Morgan fingerprint density at radius 3 is 2.59 bits per heavy atom. The Morgan fingerprint density at radius 1 is 1.35 bits per heavy atom. The molecule has 5 nitrogen and oxygen atoms in total. The van der Waals surface area contributed by atoms with Crippen LogP contribution in [0, 0.1) is 0 Å². The molecule has 0 aromatic carbocycles. The van der Waals surface area contributed by atoms with Crippen molar-refractivity contribution >= 4 is 5.91 Å². The third-order valence-corrected chi connectivity index (χ3v) is 3.09. The first kappa shape index (κ1) is 12.0. The van der Waals surface area contributed by atoms with Crippen molar-refractivity contribution < 1.29 is 4.79 Å². The third kappa shape index (κ3) is 3.25. The average molecular weight is 234 g/mol. The molecule has 0 aliphatic carbocycles. The highest BCUT2D eigenvalue weighted by molar-refractivity contribution is 5.92. The van der Waals surface area contributed by atoms with Crippen LogP contribution in [-0.4, -0.2) is 53.9 Å². The van der Waals surface area contributed by atoms with Crippen molar-refractivity contribution in [3.63, 3.8) is 0 Å². The number of likely N-dealkylation sites (N-methyl/N-ethyl adjacent to an activating group) is 1. The lowest BCUT2D eigenvalue weighted by Gasteiger charge is -2.32. The molecule has 1 aromatic heterocycles. The van der Waals surface area contributed by atoms with Gasteiger partial charge in [0.2, 0.25) is 5.91 Å². The first-order valence-electron chi connectivity index (χ1n) is 5.81. The van der Waals surface area contributed by atoms with E-state index in [9.17, 15) is 4.79 Å². The summed E-state index contributed by atoms with van der Waals surface area (Å²) in [4.78, 5) is 19.8. The van der Waals surface area contributed by atoms with Gasteiger partial charge < -0.3 is 10.6 Å². The fourth-order valence-corrected chi connectivity index (χ4v) is 1.90. The quantitative estimate of drug-likeness (QED) is 0.795. The van der Waals surface area contributed by atoms with Gasteiger partial charge in [0.1, 0.15) is 0 Å². The predicted octanol–water partition coefficient (Wildman–Crippen LogP) is -0.0721. The van der Waals surface area contributed by atoms with Crippen LogP contribution in [-0.2, 0) is 6.54 Å². The Kier molecular flexibility index (Phi) is 3.71. The SMILES string of the molecule is CN1CCN(Cc2ccc(C(N)=O)cn2)CC1. The number of carbonyl (C=O) groups excluding carboxylic acids is 1. The topological polar surface area (TPSA) is 62.5 Å². The van der Waals surface area contributed by atoms with E-state index >= 15 is 0 Å². The highest BCUT2D eigenvalue weighted by Gasteiger charge is 2.14. The molecule has 2 rings (SSSR count). The van der Waals surface area contributed by atoms with Crippen molar-refractivity contribution in [3.05, 3.63) is 29.6 Å². The second kappa shape index (κ2) is 5.25. The summed E-state index contributed by atoms with van der Waals surface area (Å²) >= 11 is 0. The molecule has 5 heteroatoms. The van der Waals surface area contributed by atoms with Crippen LogP contribution in [0.4, 0.5) is 0 Å². The highest BCUT2D eigenvalue weighted by atomic mass is 16.1. The van der Waals surface area contributed by atoms with Gasteiger partial charge in [-0.2, -0.15) is 0 Å². The van der Waals surface area contributed by atoms with Gasteiger partial charge in [-0.3, -0.25) is 14.7 Å². The van der Waals surface area contributed by atoms with E-state index in [1.54, 1.807) is 12.3 Å². The Hall–Kier alpha value is -1.46. The molecule has 0 bridgehead atoms. The number of hydrogen-bond acceptors (Lipinski definition) is 4. The van der Waals surface area contributed by atoms with Crippen molar-refractivity contribution in [1.82, 2.24) is 14.8 Å². The molecule has 0 spiro atoms. The Morgan fingerprint density at radius 2 is 2.06 bits per heavy atom. The first-order chi connectivity index (χ1) is 8.15. The van der Waals surface area contributed by atoms with Crippen LogP contribution in [0.15, 0.2) is 18.3 Å². The van der Waals surface area contributed by atoms with Crippen molar-refractivity contribution in [3.8, 4) is 0 Å². The summed E-state index contributed by atoms with van der Waals surface area (Å²) in [5, 5.41) is 0. The Bertz CT molecular complexity index is 382. The predicted molar refractivity (Wildman–Crippen MR) is 65.5 cm³/mol. The Labute approximate surface area is 101 Å². The third-order valence-electron chi connectivity index (χ3n) is 3.09. The molecule has 0 saturated carbocycles. The van der Waals surface area contributed by atoms with Gasteiger partial charge in [0.15, 0.2) is 0 Å². The standard InChI is InChI=1S/C12H18N4O/c1-15-4-6-16(7-5-15)9-11-3-2-10(8-14-11)12(13)17/h2-3,8H,4-7,9H2,1H3,(H2,13,17). The summed E-state index contributed by atoms with van der Waals surface area (Å²) in [5.41, 5.74) is 6.62. The van der Waals surface area contributed by atoms with E-state index in [1.807, 2.05) is 6.07 Å². The number of pyridine rings is 1. The van der Waals surface area contributed by atoms with Crippen LogP contribution in [0.1, 0.15) is 16.1 Å². The average Bonchev–Trinajstić information content (AvgIpc) is 2.33. The molecular weight excluding hydrogens is 216 g/mol. The molecule has 0 radical (unpaired) electrons. The van der Waals surface area contributed by atoms with Gasteiger partial charge in [0, 0.05) is 38.9 Å². The highest BCUT2D eigenvalue weighted by Crippen LogP contribution is 2.06. The van der Waals surface area contributed by atoms with Crippen molar-refractivity contribution in [1.29, 1.82) is 0 Å². The number of primary amides is 1. The maximum Gasteiger partial charge on any atom is 0.250 e. The molecule has 92 valence electrons. The number of nitrogens with two attached hydrogens (primary N) is 1. The summed E-state index contributed by atoms with van der Waals surface area (Å²) in [6, 6.07) is 3.61. The van der Waals surface area contributed by atoms with Crippen LogP contribution in [0.5, 0.6) is 0 Å². The van der Waals surface area contributed by atoms with Crippen LogP contribution in [0.3, 0.4) is 0 Å². The lowest BCUT2D eigenvalue weighted by Crippen LogP contribution is -2.44. The minimum absolute atomic E-state index is 0.427. The number of aromatic nitrogens is 1. The number of carbonyl (C=O) groups is 1. The summed E-state index contributed by atoms with van der Waals surface area (Å²) in [6.07, 6.45) is 1.55. The molecule has 1 saturated heterocycles. The molecular formula is C12H18N4O. The van der Waals surface area contributed by atoms with Gasteiger partial charge in [-0.1, -0.05) is 0 Å². The monoisotopic (exact) mass is 234 g/mol. The van der Waals surface area contributed by atoms with E-state index < -0.39 is 5.91 Å². The number of amides is 1. The minimum Gasteiger partial charge on any atom is -0.366 e. The summed E-state index contributed by atoms with van der Waals surface area (Å²) in [5.74, 6) is -0.427. The number of hydrogen-bond donors (Lipinski definition) is 1. The number of nitrogens with zero attached hydrogens (tertiary/aromatic N) is 3. The lowest BCUT2D eigenvalue weighted by atomic mass is 10.2. The molecule has 2 N–H and O–H groups in total. The second-order valence-corrected chi connectivity index (χ2v) is 4.48. The fraction of sp³-hybridized carbons (Fsp3) is 0.500. The van der Waals surface area contributed by atoms with Gasteiger partial charge in [0.05, 0.1) is 11.3 Å². The Balaban J connectivity index is 1.92. The van der Waals surface area contributed by atoms with Gasteiger partial charge in [0.25, 0.3) is 0 Å².